The predicted molar refractivity (Wildman–Crippen MR) is 108 cm³/mol. The summed E-state index contributed by atoms with van der Waals surface area (Å²) in [6, 6.07) is 3.64. The Balaban J connectivity index is 1.82. The largest absolute Gasteiger partial charge is 0.368 e. The molecule has 146 valence electrons. The quantitative estimate of drug-likeness (QED) is 0.542. The summed E-state index contributed by atoms with van der Waals surface area (Å²) in [5, 5.41) is 6.37. The van der Waals surface area contributed by atoms with Crippen molar-refractivity contribution in [2.45, 2.75) is 38.6 Å². The van der Waals surface area contributed by atoms with Crippen LogP contribution >= 0.6 is 0 Å². The summed E-state index contributed by atoms with van der Waals surface area (Å²) >= 11 is 0. The zero-order valence-corrected chi connectivity index (χ0v) is 16.0. The van der Waals surface area contributed by atoms with Gasteiger partial charge in [0.15, 0.2) is 5.82 Å². The lowest BCUT2D eigenvalue weighted by Crippen LogP contribution is -2.47. The van der Waals surface area contributed by atoms with Crippen LogP contribution in [0.25, 0.3) is 11.0 Å². The number of nitrogens with one attached hydrogen (secondary N) is 2. The maximum Gasteiger partial charge on any atom is 0.271 e. The van der Waals surface area contributed by atoms with E-state index in [-0.39, 0.29) is 17.5 Å². The van der Waals surface area contributed by atoms with E-state index < -0.39 is 5.54 Å². The molecule has 4 N–H and O–H groups in total. The molecule has 0 aromatic carbocycles. The van der Waals surface area contributed by atoms with E-state index in [1.54, 1.807) is 12.3 Å². The molecule has 0 saturated carbocycles. The van der Waals surface area contributed by atoms with Crippen molar-refractivity contribution in [1.82, 2.24) is 30.2 Å². The number of carbonyl (C=O) groups excluding carboxylic acids is 1. The highest BCUT2D eigenvalue weighted by Gasteiger charge is 2.26. The number of unbranched alkanes of at least 4 members (excludes halogenated alkanes) is 1. The number of rotatable bonds is 8. The standard InChI is InChI=1S/C19H24N8O/c1-3-4-7-19(2,12-24-17(28)14-11-21-9-10-22-14)27-16-15-13(6-5-8-23-15)25-18(20)26-16/h5-6,8-11H,3-4,7,12H2,1-2H3,(H,24,28)(H3,20,25,26,27)/t19-/m1/s1. The molecule has 0 unspecified atom stereocenters. The molecule has 9 heteroatoms. The maximum atomic E-state index is 12.4. The first-order chi connectivity index (χ1) is 13.5. The van der Waals surface area contributed by atoms with Gasteiger partial charge >= 0.3 is 0 Å². The molecule has 9 nitrogen and oxygen atoms in total. The van der Waals surface area contributed by atoms with Gasteiger partial charge in [0, 0.05) is 25.1 Å². The molecule has 3 aromatic rings. The molecule has 28 heavy (non-hydrogen) atoms. The zero-order chi connectivity index (χ0) is 20.0. The number of carbonyl (C=O) groups is 1. The Morgan fingerprint density at radius 3 is 2.82 bits per heavy atom. The summed E-state index contributed by atoms with van der Waals surface area (Å²) < 4.78 is 0. The maximum absolute atomic E-state index is 12.4. The first kappa shape index (κ1) is 19.4. The van der Waals surface area contributed by atoms with Crippen molar-refractivity contribution in [2.24, 2.45) is 0 Å². The second-order valence-corrected chi connectivity index (χ2v) is 6.86. The summed E-state index contributed by atoms with van der Waals surface area (Å²) in [7, 11) is 0. The summed E-state index contributed by atoms with van der Waals surface area (Å²) in [6.07, 6.45) is 8.98. The first-order valence-electron chi connectivity index (χ1n) is 9.21. The van der Waals surface area contributed by atoms with Gasteiger partial charge in [-0.3, -0.25) is 14.8 Å². The lowest BCUT2D eigenvalue weighted by Gasteiger charge is -2.32. The van der Waals surface area contributed by atoms with Gasteiger partial charge < -0.3 is 16.4 Å². The Morgan fingerprint density at radius 1 is 1.21 bits per heavy atom. The van der Waals surface area contributed by atoms with E-state index in [2.05, 4.69) is 42.5 Å². The molecule has 3 heterocycles. The van der Waals surface area contributed by atoms with Gasteiger partial charge in [-0.2, -0.15) is 4.98 Å². The second-order valence-electron chi connectivity index (χ2n) is 6.86. The number of amides is 1. The van der Waals surface area contributed by atoms with Crippen molar-refractivity contribution >= 4 is 28.7 Å². The molecule has 0 aliphatic carbocycles. The summed E-state index contributed by atoms with van der Waals surface area (Å²) in [5.41, 5.74) is 6.99. The second kappa shape index (κ2) is 8.55. The molecule has 0 saturated heterocycles. The number of aromatic nitrogens is 5. The third kappa shape index (κ3) is 4.67. The number of fused-ring (bicyclic) bond motifs is 1. The number of hydrogen-bond acceptors (Lipinski definition) is 8. The van der Waals surface area contributed by atoms with E-state index in [1.165, 1.54) is 18.6 Å². The molecule has 3 aromatic heterocycles. The van der Waals surface area contributed by atoms with Gasteiger partial charge in [-0.1, -0.05) is 19.8 Å². The highest BCUT2D eigenvalue weighted by molar-refractivity contribution is 5.92. The Hall–Kier alpha value is -3.36. The molecular weight excluding hydrogens is 356 g/mol. The van der Waals surface area contributed by atoms with Crippen molar-refractivity contribution in [3.05, 3.63) is 42.6 Å². The van der Waals surface area contributed by atoms with E-state index in [0.29, 0.717) is 23.4 Å². The highest BCUT2D eigenvalue weighted by Crippen LogP contribution is 2.25. The number of anilines is 2. The minimum atomic E-state index is -0.459. The Kier molecular flexibility index (Phi) is 5.93. The molecule has 0 spiro atoms. The van der Waals surface area contributed by atoms with Crippen LogP contribution in [0.15, 0.2) is 36.9 Å². The lowest BCUT2D eigenvalue weighted by atomic mass is 9.94. The lowest BCUT2D eigenvalue weighted by molar-refractivity contribution is 0.0940. The van der Waals surface area contributed by atoms with Gasteiger partial charge in [-0.15, -0.1) is 0 Å². The number of hydrogen-bond donors (Lipinski definition) is 3. The number of pyridine rings is 1. The Bertz CT molecular complexity index is 949. The highest BCUT2D eigenvalue weighted by atomic mass is 16.1. The van der Waals surface area contributed by atoms with E-state index in [1.807, 2.05) is 13.0 Å². The fourth-order valence-corrected chi connectivity index (χ4v) is 2.90. The topological polar surface area (TPSA) is 132 Å². The van der Waals surface area contributed by atoms with Gasteiger partial charge in [0.1, 0.15) is 11.2 Å². The third-order valence-corrected chi connectivity index (χ3v) is 4.41. The van der Waals surface area contributed by atoms with Crippen molar-refractivity contribution in [1.29, 1.82) is 0 Å². The number of nitrogens with zero attached hydrogens (tertiary/aromatic N) is 5. The van der Waals surface area contributed by atoms with E-state index in [4.69, 9.17) is 5.73 Å². The van der Waals surface area contributed by atoms with E-state index in [0.717, 1.165) is 19.3 Å². The number of nitrogen functional groups attached to an aromatic ring is 1. The molecule has 1 atom stereocenters. The van der Waals surface area contributed by atoms with E-state index >= 15 is 0 Å². The van der Waals surface area contributed by atoms with Crippen molar-refractivity contribution in [3.8, 4) is 0 Å². The van der Waals surface area contributed by atoms with Crippen LogP contribution in [0, 0.1) is 0 Å². The molecule has 0 aliphatic rings. The molecule has 1 amide bonds. The van der Waals surface area contributed by atoms with Gasteiger partial charge in [-0.25, -0.2) is 9.97 Å². The van der Waals surface area contributed by atoms with Crippen molar-refractivity contribution in [3.63, 3.8) is 0 Å². The monoisotopic (exact) mass is 380 g/mol. The molecule has 0 fully saturated rings. The van der Waals surface area contributed by atoms with Crippen LogP contribution < -0.4 is 16.4 Å². The zero-order valence-electron chi connectivity index (χ0n) is 16.0. The van der Waals surface area contributed by atoms with Crippen molar-refractivity contribution < 1.29 is 4.79 Å². The Labute approximate surface area is 163 Å². The molecule has 0 aliphatic heterocycles. The number of nitrogens with two attached hydrogens (primary N) is 1. The average molecular weight is 380 g/mol. The van der Waals surface area contributed by atoms with Crippen LogP contribution in [0.5, 0.6) is 0 Å². The van der Waals surface area contributed by atoms with E-state index in [9.17, 15) is 4.79 Å². The van der Waals surface area contributed by atoms with Gasteiger partial charge in [0.25, 0.3) is 5.91 Å². The summed E-state index contributed by atoms with van der Waals surface area (Å²) in [6.45, 7) is 4.53. The normalized spacial score (nSPS) is 13.1. The molecule has 0 radical (unpaired) electrons. The smallest absolute Gasteiger partial charge is 0.271 e. The van der Waals surface area contributed by atoms with Crippen LogP contribution in [0.4, 0.5) is 11.8 Å². The fourth-order valence-electron chi connectivity index (χ4n) is 2.90. The summed E-state index contributed by atoms with van der Waals surface area (Å²) in [5.74, 6) is 0.447. The predicted octanol–water partition coefficient (Wildman–Crippen LogP) is 2.19. The molecular formula is C19H24N8O. The molecule has 3 rings (SSSR count). The summed E-state index contributed by atoms with van der Waals surface area (Å²) in [4.78, 5) is 33.3. The van der Waals surface area contributed by atoms with Crippen LogP contribution in [0.1, 0.15) is 43.6 Å². The van der Waals surface area contributed by atoms with Crippen LogP contribution in [0.3, 0.4) is 0 Å². The average Bonchev–Trinajstić information content (AvgIpc) is 2.71. The minimum Gasteiger partial charge on any atom is -0.368 e. The van der Waals surface area contributed by atoms with Crippen LogP contribution in [0.2, 0.25) is 0 Å². The first-order valence-corrected chi connectivity index (χ1v) is 9.21. The van der Waals surface area contributed by atoms with Crippen LogP contribution in [-0.2, 0) is 0 Å². The minimum absolute atomic E-state index is 0.171. The van der Waals surface area contributed by atoms with Gasteiger partial charge in [0.05, 0.1) is 17.3 Å². The van der Waals surface area contributed by atoms with Gasteiger partial charge in [0.2, 0.25) is 5.95 Å². The third-order valence-electron chi connectivity index (χ3n) is 4.41. The van der Waals surface area contributed by atoms with Gasteiger partial charge in [-0.05, 0) is 25.5 Å². The van der Waals surface area contributed by atoms with Crippen LogP contribution in [-0.4, -0.2) is 42.9 Å². The van der Waals surface area contributed by atoms with Crippen molar-refractivity contribution in [2.75, 3.05) is 17.6 Å². The molecule has 0 bridgehead atoms. The fraction of sp³-hybridized carbons (Fsp3) is 0.368. The Morgan fingerprint density at radius 2 is 2.07 bits per heavy atom. The SMILES string of the molecule is CCCC[C@](C)(CNC(=O)c1cnccn1)Nc1nc(N)nc2cccnc12.